The molecule has 0 unspecified atom stereocenters. The lowest BCUT2D eigenvalue weighted by molar-refractivity contribution is -0.121. The Balaban J connectivity index is 1.89. The summed E-state index contributed by atoms with van der Waals surface area (Å²) in [5, 5.41) is 9.69. The van der Waals surface area contributed by atoms with E-state index in [2.05, 4.69) is 4.99 Å². The largest absolute Gasteiger partial charge is 0.478 e. The van der Waals surface area contributed by atoms with Crippen LogP contribution >= 0.6 is 11.8 Å². The van der Waals surface area contributed by atoms with Crippen molar-refractivity contribution in [3.05, 3.63) is 52.6 Å². The van der Waals surface area contributed by atoms with Crippen molar-refractivity contribution in [2.75, 3.05) is 14.1 Å². The number of aliphatic imine (C=N–C) groups is 1. The van der Waals surface area contributed by atoms with Gasteiger partial charge in [0.1, 0.15) is 11.5 Å². The van der Waals surface area contributed by atoms with Crippen LogP contribution in [0, 0.1) is 0 Å². The van der Waals surface area contributed by atoms with Crippen LogP contribution in [-0.4, -0.2) is 41.1 Å². The summed E-state index contributed by atoms with van der Waals surface area (Å²) in [6, 6.07) is 9.98. The van der Waals surface area contributed by atoms with Gasteiger partial charge in [-0.25, -0.2) is 4.79 Å². The number of carbonyl (C=O) groups is 2. The van der Waals surface area contributed by atoms with Crippen LogP contribution in [0.2, 0.25) is 0 Å². The van der Waals surface area contributed by atoms with E-state index in [4.69, 9.17) is 9.52 Å². The number of carbonyl (C=O) groups excluding carboxylic acids is 1. The lowest BCUT2D eigenvalue weighted by Gasteiger charge is -2.04. The fourth-order valence-electron chi connectivity index (χ4n) is 2.27. The minimum atomic E-state index is -0.992. The Hall–Kier alpha value is -2.80. The predicted molar refractivity (Wildman–Crippen MR) is 92.8 cm³/mol. The van der Waals surface area contributed by atoms with Gasteiger partial charge < -0.3 is 9.52 Å². The van der Waals surface area contributed by atoms with E-state index in [1.54, 1.807) is 50.5 Å². The quantitative estimate of drug-likeness (QED) is 0.866. The van der Waals surface area contributed by atoms with Crippen molar-refractivity contribution < 1.29 is 19.1 Å². The summed E-state index contributed by atoms with van der Waals surface area (Å²) in [5.74, 6) is -0.0648. The summed E-state index contributed by atoms with van der Waals surface area (Å²) in [4.78, 5) is 29.2. The van der Waals surface area contributed by atoms with E-state index in [1.165, 1.54) is 22.7 Å². The van der Waals surface area contributed by atoms with E-state index < -0.39 is 5.97 Å². The molecule has 2 aromatic rings. The molecule has 1 aliphatic rings. The van der Waals surface area contributed by atoms with Crippen LogP contribution < -0.4 is 0 Å². The first kappa shape index (κ1) is 16.1. The van der Waals surface area contributed by atoms with Gasteiger partial charge in [-0.1, -0.05) is 12.1 Å². The smallest absolute Gasteiger partial charge is 0.335 e. The maximum atomic E-state index is 12.1. The highest BCUT2D eigenvalue weighted by molar-refractivity contribution is 8.18. The maximum absolute atomic E-state index is 12.1. The van der Waals surface area contributed by atoms with Gasteiger partial charge in [-0.15, -0.1) is 0 Å². The molecule has 1 aromatic heterocycles. The first-order valence-electron chi connectivity index (χ1n) is 7.07. The van der Waals surface area contributed by atoms with Gasteiger partial charge in [0.05, 0.1) is 10.5 Å². The third-order valence-electron chi connectivity index (χ3n) is 3.49. The van der Waals surface area contributed by atoms with Crippen molar-refractivity contribution in [2.24, 2.45) is 4.99 Å². The average molecular weight is 342 g/mol. The highest BCUT2D eigenvalue weighted by atomic mass is 32.2. The molecule has 1 aromatic carbocycles. The molecule has 0 aliphatic carbocycles. The Kier molecular flexibility index (Phi) is 4.26. The number of rotatable bonds is 3. The van der Waals surface area contributed by atoms with Gasteiger partial charge in [-0.2, -0.15) is 0 Å². The van der Waals surface area contributed by atoms with Crippen LogP contribution in [0.25, 0.3) is 17.4 Å². The van der Waals surface area contributed by atoms with Gasteiger partial charge in [-0.3, -0.25) is 14.7 Å². The number of furan rings is 1. The van der Waals surface area contributed by atoms with Gasteiger partial charge in [0.25, 0.3) is 5.91 Å². The minimum Gasteiger partial charge on any atom is -0.478 e. The van der Waals surface area contributed by atoms with Crippen molar-refractivity contribution in [1.29, 1.82) is 0 Å². The van der Waals surface area contributed by atoms with E-state index in [1.807, 2.05) is 0 Å². The first-order chi connectivity index (χ1) is 11.5. The molecule has 7 heteroatoms. The topological polar surface area (TPSA) is 83.1 Å². The highest BCUT2D eigenvalue weighted by Crippen LogP contribution is 2.32. The van der Waals surface area contributed by atoms with Gasteiger partial charge in [0, 0.05) is 25.7 Å². The van der Waals surface area contributed by atoms with E-state index >= 15 is 0 Å². The number of likely N-dealkylation sites (N-methyl/N-ethyl adjacent to an activating group) is 1. The van der Waals surface area contributed by atoms with Gasteiger partial charge in [0.15, 0.2) is 5.17 Å². The zero-order valence-electron chi connectivity index (χ0n) is 13.0. The van der Waals surface area contributed by atoms with E-state index in [0.717, 1.165) is 0 Å². The summed E-state index contributed by atoms with van der Waals surface area (Å²) < 4.78 is 5.73. The molecule has 122 valence electrons. The molecule has 1 aliphatic heterocycles. The number of amidine groups is 1. The van der Waals surface area contributed by atoms with Crippen LogP contribution in [0.1, 0.15) is 16.1 Å². The molecule has 1 N–H and O–H groups in total. The molecule has 1 saturated heterocycles. The molecule has 2 heterocycles. The molecule has 1 amide bonds. The lowest BCUT2D eigenvalue weighted by atomic mass is 10.1. The molecule has 0 bridgehead atoms. The number of carboxylic acids is 1. The molecule has 3 rings (SSSR count). The molecule has 0 saturated carbocycles. The van der Waals surface area contributed by atoms with Gasteiger partial charge in [-0.05, 0) is 36.0 Å². The predicted octanol–water partition coefficient (Wildman–Crippen LogP) is 3.18. The number of amides is 1. The minimum absolute atomic E-state index is 0.133. The monoisotopic (exact) mass is 342 g/mol. The van der Waals surface area contributed by atoms with E-state index in [0.29, 0.717) is 27.2 Å². The summed E-state index contributed by atoms with van der Waals surface area (Å²) in [6.45, 7) is 0. The first-order valence-corrected chi connectivity index (χ1v) is 7.89. The number of hydrogen-bond acceptors (Lipinski definition) is 5. The van der Waals surface area contributed by atoms with Crippen molar-refractivity contribution in [3.8, 4) is 11.3 Å². The summed E-state index contributed by atoms with van der Waals surface area (Å²) in [5.41, 5.74) is 0.855. The Bertz CT molecular complexity index is 882. The molecule has 0 radical (unpaired) electrons. The number of benzene rings is 1. The highest BCUT2D eigenvalue weighted by Gasteiger charge is 2.30. The molecular weight excluding hydrogens is 328 g/mol. The van der Waals surface area contributed by atoms with Crippen molar-refractivity contribution in [2.45, 2.75) is 0 Å². The standard InChI is InChI=1S/C17H14N2O4S/c1-18-17-19(2)15(20)14(24-17)9-12-6-7-13(23-12)10-4-3-5-11(8-10)16(21)22/h3-9H,1-2H3,(H,21,22)/b14-9-,18-17?. The molecular formula is C17H14N2O4S. The van der Waals surface area contributed by atoms with Gasteiger partial charge >= 0.3 is 5.97 Å². The Morgan fingerprint density at radius 1 is 1.33 bits per heavy atom. The SMILES string of the molecule is CN=C1S/C(=C\c2ccc(-c3cccc(C(=O)O)c3)o2)C(=O)N1C. The fraction of sp³-hybridized carbons (Fsp3) is 0.118. The van der Waals surface area contributed by atoms with Crippen molar-refractivity contribution in [1.82, 2.24) is 4.90 Å². The second-order valence-corrected chi connectivity index (χ2v) is 6.08. The second kappa shape index (κ2) is 6.37. The Morgan fingerprint density at radius 3 is 2.79 bits per heavy atom. The third-order valence-corrected chi connectivity index (χ3v) is 4.64. The number of nitrogens with zero attached hydrogens (tertiary/aromatic N) is 2. The zero-order chi connectivity index (χ0) is 17.3. The molecule has 0 spiro atoms. The molecule has 0 atom stereocenters. The lowest BCUT2D eigenvalue weighted by Crippen LogP contribution is -2.23. The Morgan fingerprint density at radius 2 is 2.12 bits per heavy atom. The van der Waals surface area contributed by atoms with Crippen molar-refractivity contribution >= 4 is 34.9 Å². The number of thioether (sulfide) groups is 1. The fourth-order valence-corrected chi connectivity index (χ4v) is 3.18. The Labute approximate surface area is 142 Å². The summed E-state index contributed by atoms with van der Waals surface area (Å²) in [6.07, 6.45) is 1.66. The van der Waals surface area contributed by atoms with Crippen molar-refractivity contribution in [3.63, 3.8) is 0 Å². The van der Waals surface area contributed by atoms with E-state index in [9.17, 15) is 9.59 Å². The zero-order valence-corrected chi connectivity index (χ0v) is 13.8. The second-order valence-electron chi connectivity index (χ2n) is 5.07. The summed E-state index contributed by atoms with van der Waals surface area (Å²) in [7, 11) is 3.30. The molecule has 24 heavy (non-hydrogen) atoms. The number of carboxylic acid groups (broad SMARTS) is 1. The van der Waals surface area contributed by atoms with E-state index in [-0.39, 0.29) is 11.5 Å². The van der Waals surface area contributed by atoms with Crippen LogP contribution in [-0.2, 0) is 4.79 Å². The van der Waals surface area contributed by atoms with Crippen LogP contribution in [0.15, 0.2) is 50.7 Å². The third kappa shape index (κ3) is 2.98. The number of aromatic carboxylic acids is 1. The van der Waals surface area contributed by atoms with Gasteiger partial charge in [0.2, 0.25) is 0 Å². The van der Waals surface area contributed by atoms with Crippen LogP contribution in [0.5, 0.6) is 0 Å². The maximum Gasteiger partial charge on any atom is 0.335 e. The van der Waals surface area contributed by atoms with Crippen LogP contribution in [0.4, 0.5) is 0 Å². The average Bonchev–Trinajstić information content (AvgIpc) is 3.15. The number of hydrogen-bond donors (Lipinski definition) is 1. The summed E-state index contributed by atoms with van der Waals surface area (Å²) >= 11 is 1.28. The normalized spacial score (nSPS) is 17.9. The molecule has 6 nitrogen and oxygen atoms in total. The van der Waals surface area contributed by atoms with Crippen LogP contribution in [0.3, 0.4) is 0 Å². The molecule has 1 fully saturated rings.